The highest BCUT2D eigenvalue weighted by Gasteiger charge is 2.23. The van der Waals surface area contributed by atoms with Crippen molar-refractivity contribution < 1.29 is 28.7 Å². The summed E-state index contributed by atoms with van der Waals surface area (Å²) in [7, 11) is 1.18. The number of rotatable bonds is 11. The lowest BCUT2D eigenvalue weighted by Gasteiger charge is -2.20. The molecule has 0 unspecified atom stereocenters. The summed E-state index contributed by atoms with van der Waals surface area (Å²) in [6.07, 6.45) is 1.68. The van der Waals surface area contributed by atoms with E-state index >= 15 is 0 Å². The van der Waals surface area contributed by atoms with E-state index in [1.807, 2.05) is 0 Å². The van der Waals surface area contributed by atoms with Crippen molar-refractivity contribution >= 4 is 23.9 Å². The average Bonchev–Trinajstić information content (AvgIpc) is 2.58. The fourth-order valence-corrected chi connectivity index (χ4v) is 1.99. The third-order valence-corrected chi connectivity index (χ3v) is 3.22. The van der Waals surface area contributed by atoms with Gasteiger partial charge in [-0.2, -0.15) is 0 Å². The van der Waals surface area contributed by atoms with Gasteiger partial charge in [0, 0.05) is 13.0 Å². The first-order valence-corrected chi connectivity index (χ1v) is 8.90. The van der Waals surface area contributed by atoms with Crippen LogP contribution in [0.4, 0.5) is 4.79 Å². The summed E-state index contributed by atoms with van der Waals surface area (Å²) in [5.41, 5.74) is 4.71. The maximum atomic E-state index is 11.9. The van der Waals surface area contributed by atoms with Crippen LogP contribution < -0.4 is 21.7 Å². The van der Waals surface area contributed by atoms with Crippen LogP contribution in [0.5, 0.6) is 0 Å². The Morgan fingerprint density at radius 1 is 1.07 bits per heavy atom. The normalized spacial score (nSPS) is 11.9. The van der Waals surface area contributed by atoms with Crippen LogP contribution in [0.1, 0.15) is 46.5 Å². The van der Waals surface area contributed by atoms with Gasteiger partial charge >= 0.3 is 18.0 Å². The molecule has 156 valence electrons. The first kappa shape index (κ1) is 24.6. The zero-order valence-electron chi connectivity index (χ0n) is 16.6. The topological polar surface area (TPSA) is 149 Å². The molecule has 5 N–H and O–H groups in total. The first-order valence-electron chi connectivity index (χ1n) is 8.90. The van der Waals surface area contributed by atoms with Crippen LogP contribution in [0.3, 0.4) is 0 Å². The van der Waals surface area contributed by atoms with E-state index in [1.165, 1.54) is 7.11 Å². The van der Waals surface area contributed by atoms with Crippen LogP contribution in [0.25, 0.3) is 0 Å². The van der Waals surface area contributed by atoms with Gasteiger partial charge in [-0.05, 0) is 46.6 Å². The minimum Gasteiger partial charge on any atom is -0.467 e. The Morgan fingerprint density at radius 3 is 2.30 bits per heavy atom. The zero-order chi connectivity index (χ0) is 20.9. The van der Waals surface area contributed by atoms with Gasteiger partial charge in [0.25, 0.3) is 0 Å². The lowest BCUT2D eigenvalue weighted by Crippen LogP contribution is -2.48. The lowest BCUT2D eigenvalue weighted by atomic mass is 10.1. The Hall–Kier alpha value is -2.36. The van der Waals surface area contributed by atoms with Crippen molar-refractivity contribution in [1.82, 2.24) is 16.0 Å². The number of hydrogen-bond acceptors (Lipinski definition) is 7. The van der Waals surface area contributed by atoms with Crippen molar-refractivity contribution in [1.29, 1.82) is 0 Å². The molecule has 27 heavy (non-hydrogen) atoms. The van der Waals surface area contributed by atoms with E-state index in [0.717, 1.165) is 12.8 Å². The third kappa shape index (κ3) is 13.5. The summed E-state index contributed by atoms with van der Waals surface area (Å²) in [5.74, 6) is -1.53. The van der Waals surface area contributed by atoms with E-state index in [-0.39, 0.29) is 25.3 Å². The van der Waals surface area contributed by atoms with Crippen molar-refractivity contribution in [3.63, 3.8) is 0 Å². The van der Waals surface area contributed by atoms with Gasteiger partial charge < -0.3 is 31.2 Å². The van der Waals surface area contributed by atoms with E-state index in [9.17, 15) is 19.2 Å². The molecular formula is C17H32N4O6. The van der Waals surface area contributed by atoms with Gasteiger partial charge in [-0.25, -0.2) is 9.59 Å². The molecule has 0 rings (SSSR count). The van der Waals surface area contributed by atoms with E-state index in [0.29, 0.717) is 13.1 Å². The third-order valence-electron chi connectivity index (χ3n) is 3.22. The number of amides is 3. The number of carbonyl (C=O) groups is 4. The molecule has 0 saturated carbocycles. The SMILES string of the molecule is COC(=O)[C@H](CCC(=O)NCCCCN)NC(=O)NCC(=O)OC(C)(C)C. The molecule has 0 aromatic rings. The molecule has 10 heteroatoms. The van der Waals surface area contributed by atoms with E-state index < -0.39 is 29.6 Å². The monoisotopic (exact) mass is 388 g/mol. The minimum atomic E-state index is -1.01. The maximum Gasteiger partial charge on any atom is 0.328 e. The Morgan fingerprint density at radius 2 is 1.74 bits per heavy atom. The second-order valence-corrected chi connectivity index (χ2v) is 6.87. The molecule has 0 aromatic carbocycles. The molecule has 10 nitrogen and oxygen atoms in total. The highest BCUT2D eigenvalue weighted by molar-refractivity contribution is 5.86. The summed E-state index contributed by atoms with van der Waals surface area (Å²) in [4.78, 5) is 47.0. The van der Waals surface area contributed by atoms with Crippen LogP contribution in [0, 0.1) is 0 Å². The number of methoxy groups -OCH3 is 1. The highest BCUT2D eigenvalue weighted by atomic mass is 16.6. The number of unbranched alkanes of at least 4 members (excludes halogenated alkanes) is 1. The minimum absolute atomic E-state index is 0.0364. The van der Waals surface area contributed by atoms with E-state index in [2.05, 4.69) is 20.7 Å². The Kier molecular flexibility index (Phi) is 11.8. The van der Waals surface area contributed by atoms with Crippen molar-refractivity contribution in [3.05, 3.63) is 0 Å². The fourth-order valence-electron chi connectivity index (χ4n) is 1.99. The average molecular weight is 388 g/mol. The van der Waals surface area contributed by atoms with Crippen molar-refractivity contribution in [3.8, 4) is 0 Å². The number of nitrogens with one attached hydrogen (secondary N) is 3. The molecule has 0 saturated heterocycles. The molecule has 0 radical (unpaired) electrons. The summed E-state index contributed by atoms with van der Waals surface area (Å²) < 4.78 is 9.69. The van der Waals surface area contributed by atoms with Crippen LogP contribution in [-0.2, 0) is 23.9 Å². The van der Waals surface area contributed by atoms with E-state index in [1.54, 1.807) is 20.8 Å². The standard InChI is InChI=1S/C17H32N4O6/c1-17(2,3)27-14(23)11-20-16(25)21-12(15(24)26-4)7-8-13(22)19-10-6-5-9-18/h12H,5-11,18H2,1-4H3,(H,19,22)(H2,20,21,25)/t12-/m0/s1. The predicted molar refractivity (Wildman–Crippen MR) is 98.7 cm³/mol. The van der Waals surface area contributed by atoms with Gasteiger partial charge in [-0.3, -0.25) is 9.59 Å². The molecule has 0 aliphatic rings. The second-order valence-electron chi connectivity index (χ2n) is 6.87. The van der Waals surface area contributed by atoms with Gasteiger partial charge in [0.2, 0.25) is 5.91 Å². The van der Waals surface area contributed by atoms with E-state index in [4.69, 9.17) is 10.5 Å². The number of ether oxygens (including phenoxy) is 2. The second kappa shape index (κ2) is 12.9. The summed E-state index contributed by atoms with van der Waals surface area (Å²) >= 11 is 0. The van der Waals surface area contributed by atoms with Crippen molar-refractivity contribution in [2.75, 3.05) is 26.7 Å². The van der Waals surface area contributed by atoms with Crippen LogP contribution in [-0.4, -0.2) is 62.3 Å². The summed E-state index contributed by atoms with van der Waals surface area (Å²) in [6, 6.07) is -1.75. The van der Waals surface area contributed by atoms with Gasteiger partial charge in [0.05, 0.1) is 7.11 Å². The molecule has 0 spiro atoms. The fraction of sp³-hybridized carbons (Fsp3) is 0.765. The molecule has 0 aromatic heterocycles. The maximum absolute atomic E-state index is 11.9. The quantitative estimate of drug-likeness (QED) is 0.283. The van der Waals surface area contributed by atoms with Crippen LogP contribution in [0.2, 0.25) is 0 Å². The van der Waals surface area contributed by atoms with Crippen LogP contribution >= 0.6 is 0 Å². The van der Waals surface area contributed by atoms with Gasteiger partial charge in [0.1, 0.15) is 18.2 Å². The summed E-state index contributed by atoms with van der Waals surface area (Å²) in [6.45, 7) is 5.84. The Balaban J connectivity index is 4.36. The summed E-state index contributed by atoms with van der Waals surface area (Å²) in [5, 5.41) is 7.40. The Bertz CT molecular complexity index is 504. The Labute approximate surface area is 159 Å². The van der Waals surface area contributed by atoms with Gasteiger partial charge in [-0.15, -0.1) is 0 Å². The highest BCUT2D eigenvalue weighted by Crippen LogP contribution is 2.06. The molecule has 0 heterocycles. The number of urea groups is 1. The number of esters is 2. The van der Waals surface area contributed by atoms with Gasteiger partial charge in [-0.1, -0.05) is 0 Å². The molecule has 0 aliphatic heterocycles. The lowest BCUT2D eigenvalue weighted by molar-refractivity contribution is -0.153. The van der Waals surface area contributed by atoms with Crippen LogP contribution in [0.15, 0.2) is 0 Å². The molecule has 1 atom stereocenters. The molecular weight excluding hydrogens is 356 g/mol. The molecule has 0 bridgehead atoms. The largest absolute Gasteiger partial charge is 0.467 e. The molecule has 0 fully saturated rings. The van der Waals surface area contributed by atoms with Gasteiger partial charge in [0.15, 0.2) is 0 Å². The molecule has 0 aliphatic carbocycles. The number of carbonyl (C=O) groups excluding carboxylic acids is 4. The number of nitrogens with two attached hydrogens (primary N) is 1. The molecule has 3 amide bonds. The zero-order valence-corrected chi connectivity index (χ0v) is 16.6. The smallest absolute Gasteiger partial charge is 0.328 e. The predicted octanol–water partition coefficient (Wildman–Crippen LogP) is -0.196. The number of hydrogen-bond donors (Lipinski definition) is 4. The first-order chi connectivity index (χ1) is 12.6. The van der Waals surface area contributed by atoms with Crippen molar-refractivity contribution in [2.24, 2.45) is 5.73 Å². The van der Waals surface area contributed by atoms with Crippen molar-refractivity contribution in [2.45, 2.75) is 58.1 Å².